The first-order chi connectivity index (χ1) is 6.24. The number of nitrogens with one attached hydrogen (secondary N) is 1. The minimum atomic E-state index is 0.219. The Morgan fingerprint density at radius 1 is 1.54 bits per heavy atom. The second-order valence-corrected chi connectivity index (χ2v) is 2.96. The van der Waals surface area contributed by atoms with Gasteiger partial charge in [0.1, 0.15) is 5.75 Å². The molecule has 13 heavy (non-hydrogen) atoms. The fraction of sp³-hybridized carbons (Fsp3) is 0.333. The Balaban J connectivity index is 2.59. The molecule has 0 aliphatic rings. The van der Waals surface area contributed by atoms with Gasteiger partial charge in [-0.3, -0.25) is 0 Å². The molecule has 0 unspecified atom stereocenters. The van der Waals surface area contributed by atoms with Crippen LogP contribution in [0.1, 0.15) is 12.5 Å². The molecule has 0 aliphatic heterocycles. The molecule has 3 nitrogen and oxygen atoms in total. The highest BCUT2D eigenvalue weighted by Crippen LogP contribution is 2.20. The molecule has 0 spiro atoms. The zero-order valence-corrected chi connectivity index (χ0v) is 8.14. The minimum Gasteiger partial charge on any atom is -0.508 e. The summed E-state index contributed by atoms with van der Waals surface area (Å²) in [4.78, 5) is 4.93. The third-order valence-corrected chi connectivity index (χ3v) is 1.79. The van der Waals surface area contributed by atoms with Crippen molar-refractivity contribution in [2.45, 2.75) is 13.5 Å². The van der Waals surface area contributed by atoms with Gasteiger partial charge in [-0.2, -0.15) is 5.48 Å². The molecule has 1 rings (SSSR count). The zero-order valence-electron chi connectivity index (χ0n) is 7.38. The van der Waals surface area contributed by atoms with E-state index in [-0.39, 0.29) is 5.75 Å². The highest BCUT2D eigenvalue weighted by Gasteiger charge is 2.00. The Labute approximate surface area is 82.2 Å². The zero-order chi connectivity index (χ0) is 9.68. The summed E-state index contributed by atoms with van der Waals surface area (Å²) < 4.78 is 0. The maximum absolute atomic E-state index is 9.38. The van der Waals surface area contributed by atoms with E-state index in [1.165, 1.54) is 0 Å². The lowest BCUT2D eigenvalue weighted by Gasteiger charge is -2.06. The third-order valence-electron chi connectivity index (χ3n) is 1.55. The second-order valence-electron chi connectivity index (χ2n) is 2.53. The van der Waals surface area contributed by atoms with Crippen molar-refractivity contribution in [2.24, 2.45) is 0 Å². The molecule has 0 saturated carbocycles. The summed E-state index contributed by atoms with van der Waals surface area (Å²) in [5.74, 6) is 0.219. The summed E-state index contributed by atoms with van der Waals surface area (Å²) in [6.45, 7) is 2.91. The van der Waals surface area contributed by atoms with Crippen LogP contribution in [0.4, 0.5) is 0 Å². The van der Waals surface area contributed by atoms with Crippen LogP contribution in [0.15, 0.2) is 18.2 Å². The van der Waals surface area contributed by atoms with E-state index in [9.17, 15) is 5.11 Å². The molecule has 0 aliphatic carbocycles. The van der Waals surface area contributed by atoms with Crippen molar-refractivity contribution in [1.82, 2.24) is 5.48 Å². The smallest absolute Gasteiger partial charge is 0.120 e. The van der Waals surface area contributed by atoms with Crippen molar-refractivity contribution in [3.05, 3.63) is 28.8 Å². The molecule has 0 fully saturated rings. The Kier molecular flexibility index (Phi) is 4.02. The van der Waals surface area contributed by atoms with Crippen LogP contribution in [0.5, 0.6) is 5.75 Å². The van der Waals surface area contributed by atoms with Gasteiger partial charge in [-0.25, -0.2) is 0 Å². The maximum Gasteiger partial charge on any atom is 0.120 e. The number of benzene rings is 1. The maximum atomic E-state index is 9.38. The van der Waals surface area contributed by atoms with Gasteiger partial charge < -0.3 is 9.94 Å². The number of hydrogen-bond donors (Lipinski definition) is 2. The van der Waals surface area contributed by atoms with Gasteiger partial charge in [0.15, 0.2) is 0 Å². The van der Waals surface area contributed by atoms with Crippen molar-refractivity contribution >= 4 is 11.6 Å². The van der Waals surface area contributed by atoms with Crippen molar-refractivity contribution in [3.8, 4) is 5.75 Å². The van der Waals surface area contributed by atoms with E-state index in [1.54, 1.807) is 18.2 Å². The van der Waals surface area contributed by atoms with Crippen molar-refractivity contribution in [2.75, 3.05) is 6.61 Å². The van der Waals surface area contributed by atoms with Crippen LogP contribution in [0.3, 0.4) is 0 Å². The Hall–Kier alpha value is -0.770. The average Bonchev–Trinajstić information content (AvgIpc) is 2.11. The molecule has 4 heteroatoms. The van der Waals surface area contributed by atoms with Gasteiger partial charge in [0.2, 0.25) is 0 Å². The highest BCUT2D eigenvalue weighted by atomic mass is 35.5. The molecule has 0 saturated heterocycles. The summed E-state index contributed by atoms with van der Waals surface area (Å²) in [6.07, 6.45) is 0. The van der Waals surface area contributed by atoms with Gasteiger partial charge >= 0.3 is 0 Å². The average molecular weight is 202 g/mol. The number of hydroxylamine groups is 1. The van der Waals surface area contributed by atoms with Crippen LogP contribution in [-0.2, 0) is 11.4 Å². The first kappa shape index (κ1) is 10.3. The Bertz CT molecular complexity index is 278. The van der Waals surface area contributed by atoms with E-state index in [2.05, 4.69) is 5.48 Å². The van der Waals surface area contributed by atoms with Gasteiger partial charge in [-0.05, 0) is 25.1 Å². The van der Waals surface area contributed by atoms with Gasteiger partial charge in [0.25, 0.3) is 0 Å². The monoisotopic (exact) mass is 201 g/mol. The summed E-state index contributed by atoms with van der Waals surface area (Å²) in [5.41, 5.74) is 3.42. The number of halogens is 1. The molecule has 0 radical (unpaired) electrons. The van der Waals surface area contributed by atoms with E-state index in [0.29, 0.717) is 18.2 Å². The van der Waals surface area contributed by atoms with Gasteiger partial charge in [-0.15, -0.1) is 0 Å². The molecule has 0 bridgehead atoms. The fourth-order valence-electron chi connectivity index (χ4n) is 0.927. The molecule has 2 N–H and O–H groups in total. The van der Waals surface area contributed by atoms with Crippen LogP contribution < -0.4 is 5.48 Å². The van der Waals surface area contributed by atoms with Crippen molar-refractivity contribution < 1.29 is 9.94 Å². The molecule has 0 atom stereocenters. The summed E-state index contributed by atoms with van der Waals surface area (Å²) >= 11 is 5.75. The number of phenolic OH excluding ortho intramolecular Hbond substituents is 1. The second kappa shape index (κ2) is 5.07. The SMILES string of the molecule is CCONCc1cc(Cl)ccc1O. The molecule has 1 aromatic carbocycles. The normalized spacial score (nSPS) is 10.3. The van der Waals surface area contributed by atoms with E-state index >= 15 is 0 Å². The van der Waals surface area contributed by atoms with Crippen LogP contribution in [-0.4, -0.2) is 11.7 Å². The minimum absolute atomic E-state index is 0.219. The summed E-state index contributed by atoms with van der Waals surface area (Å²) in [6, 6.07) is 4.90. The lowest BCUT2D eigenvalue weighted by molar-refractivity contribution is 0.0459. The highest BCUT2D eigenvalue weighted by molar-refractivity contribution is 6.30. The summed E-state index contributed by atoms with van der Waals surface area (Å²) in [5, 5.41) is 9.98. The topological polar surface area (TPSA) is 41.5 Å². The van der Waals surface area contributed by atoms with Crippen molar-refractivity contribution in [1.29, 1.82) is 0 Å². The first-order valence-corrected chi connectivity index (χ1v) is 4.44. The lowest BCUT2D eigenvalue weighted by atomic mass is 10.2. The lowest BCUT2D eigenvalue weighted by Crippen LogP contribution is -2.13. The number of phenols is 1. The molecule has 0 amide bonds. The van der Waals surface area contributed by atoms with E-state index in [0.717, 1.165) is 5.56 Å². The molecular formula is C9H12ClNO2. The molecular weight excluding hydrogens is 190 g/mol. The molecule has 72 valence electrons. The quantitative estimate of drug-likeness (QED) is 0.579. The fourth-order valence-corrected chi connectivity index (χ4v) is 1.12. The van der Waals surface area contributed by atoms with Crippen molar-refractivity contribution in [3.63, 3.8) is 0 Å². The van der Waals surface area contributed by atoms with Crippen LogP contribution in [0.2, 0.25) is 5.02 Å². The van der Waals surface area contributed by atoms with Crippen LogP contribution in [0.25, 0.3) is 0 Å². The van der Waals surface area contributed by atoms with Gasteiger partial charge in [0.05, 0.1) is 6.61 Å². The predicted molar refractivity (Wildman–Crippen MR) is 51.6 cm³/mol. The molecule has 0 heterocycles. The third kappa shape index (κ3) is 3.22. The number of hydrogen-bond acceptors (Lipinski definition) is 3. The number of rotatable bonds is 4. The number of aromatic hydroxyl groups is 1. The van der Waals surface area contributed by atoms with Gasteiger partial charge in [0, 0.05) is 17.1 Å². The standard InChI is InChI=1S/C9H12ClNO2/c1-2-13-11-6-7-5-8(10)3-4-9(7)12/h3-5,11-12H,2,6H2,1H3. The Morgan fingerprint density at radius 3 is 3.00 bits per heavy atom. The Morgan fingerprint density at radius 2 is 2.31 bits per heavy atom. The van der Waals surface area contributed by atoms with E-state index < -0.39 is 0 Å². The molecule has 0 aromatic heterocycles. The van der Waals surface area contributed by atoms with Crippen LogP contribution >= 0.6 is 11.6 Å². The first-order valence-electron chi connectivity index (χ1n) is 4.06. The molecule has 1 aromatic rings. The van der Waals surface area contributed by atoms with E-state index in [1.807, 2.05) is 6.92 Å². The predicted octanol–water partition coefficient (Wildman–Crippen LogP) is 2.09. The largest absolute Gasteiger partial charge is 0.508 e. The van der Waals surface area contributed by atoms with Crippen LogP contribution in [0, 0.1) is 0 Å². The van der Waals surface area contributed by atoms with E-state index in [4.69, 9.17) is 16.4 Å². The summed E-state index contributed by atoms with van der Waals surface area (Å²) in [7, 11) is 0. The van der Waals surface area contributed by atoms with Gasteiger partial charge in [-0.1, -0.05) is 11.6 Å².